The van der Waals surface area contributed by atoms with Gasteiger partial charge < -0.3 is 4.42 Å². The minimum atomic E-state index is -0.0168. The molecule has 0 saturated heterocycles. The molecule has 0 spiro atoms. The van der Waals surface area contributed by atoms with Gasteiger partial charge >= 0.3 is 0 Å². The minimum absolute atomic E-state index is 0.0168. The van der Waals surface area contributed by atoms with Gasteiger partial charge in [0.15, 0.2) is 11.5 Å². The first-order valence-corrected chi connectivity index (χ1v) is 3.72. The van der Waals surface area contributed by atoms with Gasteiger partial charge in [0, 0.05) is 12.8 Å². The van der Waals surface area contributed by atoms with Crippen LogP contribution in [0.15, 0.2) is 16.5 Å². The average Bonchev–Trinajstić information content (AvgIpc) is 2.33. The second-order valence-electron chi connectivity index (χ2n) is 2.91. The van der Waals surface area contributed by atoms with Crippen molar-refractivity contribution in [2.45, 2.75) is 26.7 Å². The normalized spacial score (nSPS) is 10.5. The highest BCUT2D eigenvalue weighted by atomic mass is 16.3. The highest BCUT2D eigenvalue weighted by molar-refractivity contribution is 5.91. The fourth-order valence-corrected chi connectivity index (χ4v) is 0.852. The molecule has 0 aliphatic carbocycles. The molecular formula is C9H12O2. The Labute approximate surface area is 66.2 Å². The van der Waals surface area contributed by atoms with Crippen molar-refractivity contribution in [1.29, 1.82) is 0 Å². The molecule has 0 atom stereocenters. The first kappa shape index (κ1) is 8.05. The molecule has 0 aliphatic rings. The first-order valence-electron chi connectivity index (χ1n) is 3.72. The van der Waals surface area contributed by atoms with E-state index in [0.717, 1.165) is 5.76 Å². The Hall–Kier alpha value is -1.05. The number of hydrogen-bond acceptors (Lipinski definition) is 2. The van der Waals surface area contributed by atoms with Crippen LogP contribution in [0.1, 0.15) is 43.0 Å². The molecule has 60 valence electrons. The number of Topliss-reactive ketones (excluding diaryl/α,β-unsaturated/α-hetero) is 1. The van der Waals surface area contributed by atoms with Crippen LogP contribution in [0.3, 0.4) is 0 Å². The summed E-state index contributed by atoms with van der Waals surface area (Å²) in [5.74, 6) is 1.66. The lowest BCUT2D eigenvalue weighted by Gasteiger charge is -1.96. The maximum absolute atomic E-state index is 10.8. The Kier molecular flexibility index (Phi) is 2.13. The lowest BCUT2D eigenvalue weighted by atomic mass is 10.2. The van der Waals surface area contributed by atoms with Crippen molar-refractivity contribution in [3.63, 3.8) is 0 Å². The van der Waals surface area contributed by atoms with Crippen molar-refractivity contribution < 1.29 is 9.21 Å². The zero-order valence-corrected chi connectivity index (χ0v) is 7.05. The lowest BCUT2D eigenvalue weighted by molar-refractivity contribution is 0.0985. The van der Waals surface area contributed by atoms with Crippen LogP contribution in [0.4, 0.5) is 0 Å². The second-order valence-corrected chi connectivity index (χ2v) is 2.91. The minimum Gasteiger partial charge on any atom is -0.458 e. The maximum atomic E-state index is 10.8. The molecule has 0 saturated carbocycles. The van der Waals surface area contributed by atoms with Crippen molar-refractivity contribution in [1.82, 2.24) is 0 Å². The molecule has 2 heteroatoms. The zero-order valence-electron chi connectivity index (χ0n) is 7.05. The third-order valence-electron chi connectivity index (χ3n) is 1.54. The molecule has 0 fully saturated rings. The molecule has 0 N–H and O–H groups in total. The van der Waals surface area contributed by atoms with E-state index in [2.05, 4.69) is 0 Å². The number of carbonyl (C=O) groups is 1. The molecular weight excluding hydrogens is 140 g/mol. The predicted molar refractivity (Wildman–Crippen MR) is 42.8 cm³/mol. The summed E-state index contributed by atoms with van der Waals surface area (Å²) in [5.41, 5.74) is 0. The molecule has 0 unspecified atom stereocenters. The molecule has 0 aromatic carbocycles. The van der Waals surface area contributed by atoms with Gasteiger partial charge in [0.05, 0.1) is 0 Å². The fraction of sp³-hybridized carbons (Fsp3) is 0.444. The topological polar surface area (TPSA) is 30.2 Å². The standard InChI is InChI=1S/C9H12O2/c1-6(2)8-4-5-9(11-8)7(3)10/h4-6H,1-3H3. The zero-order chi connectivity index (χ0) is 8.43. The Morgan fingerprint density at radius 1 is 1.45 bits per heavy atom. The van der Waals surface area contributed by atoms with E-state index in [9.17, 15) is 4.79 Å². The van der Waals surface area contributed by atoms with E-state index < -0.39 is 0 Å². The van der Waals surface area contributed by atoms with Crippen molar-refractivity contribution >= 4 is 5.78 Å². The summed E-state index contributed by atoms with van der Waals surface area (Å²) in [6.07, 6.45) is 0. The first-order chi connectivity index (χ1) is 5.11. The van der Waals surface area contributed by atoms with Gasteiger partial charge in [-0.2, -0.15) is 0 Å². The summed E-state index contributed by atoms with van der Waals surface area (Å²) in [7, 11) is 0. The quantitative estimate of drug-likeness (QED) is 0.610. The third kappa shape index (κ3) is 1.70. The summed E-state index contributed by atoms with van der Waals surface area (Å²) in [6, 6.07) is 3.57. The Morgan fingerprint density at radius 3 is 2.36 bits per heavy atom. The van der Waals surface area contributed by atoms with Crippen LogP contribution in [0.5, 0.6) is 0 Å². The van der Waals surface area contributed by atoms with E-state index >= 15 is 0 Å². The van der Waals surface area contributed by atoms with Crippen LogP contribution in [-0.2, 0) is 0 Å². The van der Waals surface area contributed by atoms with Crippen LogP contribution < -0.4 is 0 Å². The van der Waals surface area contributed by atoms with Gasteiger partial charge in [0.1, 0.15) is 5.76 Å². The highest BCUT2D eigenvalue weighted by Crippen LogP contribution is 2.17. The summed E-state index contributed by atoms with van der Waals surface area (Å²) in [5, 5.41) is 0. The van der Waals surface area contributed by atoms with E-state index in [1.54, 1.807) is 6.07 Å². The molecule has 1 aromatic heterocycles. The monoisotopic (exact) mass is 152 g/mol. The van der Waals surface area contributed by atoms with E-state index in [1.807, 2.05) is 19.9 Å². The van der Waals surface area contributed by atoms with Crippen molar-refractivity contribution in [3.05, 3.63) is 23.7 Å². The van der Waals surface area contributed by atoms with Gasteiger partial charge in [-0.1, -0.05) is 13.8 Å². The van der Waals surface area contributed by atoms with Crippen LogP contribution in [0, 0.1) is 0 Å². The molecule has 11 heavy (non-hydrogen) atoms. The predicted octanol–water partition coefficient (Wildman–Crippen LogP) is 2.61. The molecule has 1 aromatic rings. The third-order valence-corrected chi connectivity index (χ3v) is 1.54. The number of hydrogen-bond donors (Lipinski definition) is 0. The van der Waals surface area contributed by atoms with Gasteiger partial charge in [-0.05, 0) is 12.1 Å². The Balaban J connectivity index is 2.90. The number of furan rings is 1. The number of carbonyl (C=O) groups excluding carboxylic acids is 1. The van der Waals surface area contributed by atoms with Gasteiger partial charge in [0.25, 0.3) is 0 Å². The summed E-state index contributed by atoms with van der Waals surface area (Å²) in [4.78, 5) is 10.8. The van der Waals surface area contributed by atoms with E-state index in [4.69, 9.17) is 4.42 Å². The summed E-state index contributed by atoms with van der Waals surface area (Å²) in [6.45, 7) is 5.56. The largest absolute Gasteiger partial charge is 0.458 e. The molecule has 0 aliphatic heterocycles. The van der Waals surface area contributed by atoms with Gasteiger partial charge in [0.2, 0.25) is 0 Å². The highest BCUT2D eigenvalue weighted by Gasteiger charge is 2.07. The molecule has 1 rings (SSSR count). The lowest BCUT2D eigenvalue weighted by Crippen LogP contribution is -1.87. The molecule has 0 bridgehead atoms. The Morgan fingerprint density at radius 2 is 2.09 bits per heavy atom. The van der Waals surface area contributed by atoms with Gasteiger partial charge in [-0.15, -0.1) is 0 Å². The summed E-state index contributed by atoms with van der Waals surface area (Å²) < 4.78 is 5.26. The van der Waals surface area contributed by atoms with Crippen LogP contribution in [0.25, 0.3) is 0 Å². The van der Waals surface area contributed by atoms with Crippen LogP contribution in [-0.4, -0.2) is 5.78 Å². The molecule has 0 amide bonds. The van der Waals surface area contributed by atoms with E-state index in [0.29, 0.717) is 11.7 Å². The van der Waals surface area contributed by atoms with Crippen molar-refractivity contribution in [3.8, 4) is 0 Å². The molecule has 2 nitrogen and oxygen atoms in total. The van der Waals surface area contributed by atoms with Crippen LogP contribution >= 0.6 is 0 Å². The van der Waals surface area contributed by atoms with Crippen molar-refractivity contribution in [2.75, 3.05) is 0 Å². The molecule has 0 radical (unpaired) electrons. The van der Waals surface area contributed by atoms with Crippen LogP contribution in [0.2, 0.25) is 0 Å². The average molecular weight is 152 g/mol. The van der Waals surface area contributed by atoms with Gasteiger partial charge in [-0.25, -0.2) is 0 Å². The van der Waals surface area contributed by atoms with Crippen molar-refractivity contribution in [2.24, 2.45) is 0 Å². The number of ketones is 1. The van der Waals surface area contributed by atoms with E-state index in [1.165, 1.54) is 6.92 Å². The smallest absolute Gasteiger partial charge is 0.194 e. The second kappa shape index (κ2) is 2.91. The SMILES string of the molecule is CC(=O)c1ccc(C(C)C)o1. The van der Waals surface area contributed by atoms with Gasteiger partial charge in [-0.3, -0.25) is 4.79 Å². The maximum Gasteiger partial charge on any atom is 0.194 e. The van der Waals surface area contributed by atoms with E-state index in [-0.39, 0.29) is 5.78 Å². The Bertz CT molecular complexity index is 258. The summed E-state index contributed by atoms with van der Waals surface area (Å²) >= 11 is 0. The molecule has 1 heterocycles. The fourth-order valence-electron chi connectivity index (χ4n) is 0.852. The number of rotatable bonds is 2.